The van der Waals surface area contributed by atoms with E-state index in [4.69, 9.17) is 16.6 Å². The summed E-state index contributed by atoms with van der Waals surface area (Å²) >= 11 is 0. The van der Waals surface area contributed by atoms with Crippen LogP contribution >= 0.6 is 0 Å². The van der Waals surface area contributed by atoms with Crippen molar-refractivity contribution in [1.29, 1.82) is 0 Å². The maximum Gasteiger partial charge on any atom is 0.115 e. The minimum atomic E-state index is -0.161. The van der Waals surface area contributed by atoms with Crippen LogP contribution in [0.2, 0.25) is 0 Å². The van der Waals surface area contributed by atoms with Crippen molar-refractivity contribution in [3.63, 3.8) is 0 Å². The third-order valence-electron chi connectivity index (χ3n) is 1.84. The molecular weight excluding hydrogens is 152 g/mol. The molecule has 0 unspecified atom stereocenters. The summed E-state index contributed by atoms with van der Waals surface area (Å²) < 4.78 is 0. The van der Waals surface area contributed by atoms with Gasteiger partial charge in [-0.15, -0.1) is 0 Å². The van der Waals surface area contributed by atoms with Gasteiger partial charge in [0.25, 0.3) is 0 Å². The topological polar surface area (TPSA) is 72.3 Å². The molecule has 66 valence electrons. The molecule has 2 atom stereocenters. The molecule has 1 aromatic rings. The molecule has 5 N–H and O–H groups in total. The minimum absolute atomic E-state index is 0.0745. The molecule has 12 heavy (non-hydrogen) atoms. The van der Waals surface area contributed by atoms with E-state index in [1.165, 1.54) is 0 Å². The van der Waals surface area contributed by atoms with E-state index in [9.17, 15) is 0 Å². The fraction of sp³-hybridized carbons (Fsp3) is 0.333. The predicted octanol–water partition coefficient (Wildman–Crippen LogP) is 0.739. The Kier molecular flexibility index (Phi) is 2.68. The number of hydrogen-bond donors (Lipinski definition) is 3. The largest absolute Gasteiger partial charge is 0.508 e. The molecule has 0 heterocycles. The molecule has 3 nitrogen and oxygen atoms in total. The van der Waals surface area contributed by atoms with Crippen molar-refractivity contribution in [2.24, 2.45) is 11.5 Å². The second-order valence-electron chi connectivity index (χ2n) is 2.98. The van der Waals surface area contributed by atoms with Crippen LogP contribution in [0.3, 0.4) is 0 Å². The summed E-state index contributed by atoms with van der Waals surface area (Å²) in [4.78, 5) is 0. The molecule has 0 aliphatic carbocycles. The summed E-state index contributed by atoms with van der Waals surface area (Å²) in [7, 11) is 0. The molecule has 0 radical (unpaired) electrons. The molecular formula is C9H14N2O. The van der Waals surface area contributed by atoms with Crippen LogP contribution in [-0.4, -0.2) is 11.1 Å². The van der Waals surface area contributed by atoms with Gasteiger partial charge in [0.1, 0.15) is 5.75 Å². The van der Waals surface area contributed by atoms with E-state index in [1.54, 1.807) is 24.3 Å². The zero-order chi connectivity index (χ0) is 9.14. The van der Waals surface area contributed by atoms with Crippen LogP contribution < -0.4 is 11.5 Å². The normalized spacial score (nSPS) is 15.6. The minimum Gasteiger partial charge on any atom is -0.508 e. The maximum atomic E-state index is 9.00. The number of aromatic hydroxyl groups is 1. The zero-order valence-corrected chi connectivity index (χ0v) is 7.07. The lowest BCUT2D eigenvalue weighted by Gasteiger charge is -2.15. The van der Waals surface area contributed by atoms with Gasteiger partial charge in [-0.3, -0.25) is 0 Å². The third kappa shape index (κ3) is 1.96. The highest BCUT2D eigenvalue weighted by molar-refractivity contribution is 5.28. The Balaban J connectivity index is 2.82. The van der Waals surface area contributed by atoms with Crippen LogP contribution in [0.4, 0.5) is 0 Å². The van der Waals surface area contributed by atoms with Gasteiger partial charge >= 0.3 is 0 Å². The van der Waals surface area contributed by atoms with Gasteiger partial charge in [0.2, 0.25) is 0 Å². The Labute approximate surface area is 72.0 Å². The molecule has 0 amide bonds. The van der Waals surface area contributed by atoms with Crippen molar-refractivity contribution in [1.82, 2.24) is 0 Å². The molecule has 3 heteroatoms. The van der Waals surface area contributed by atoms with Crippen LogP contribution in [0.1, 0.15) is 18.5 Å². The van der Waals surface area contributed by atoms with Crippen molar-refractivity contribution in [2.45, 2.75) is 19.0 Å². The second kappa shape index (κ2) is 3.56. The van der Waals surface area contributed by atoms with E-state index in [2.05, 4.69) is 0 Å². The summed E-state index contributed by atoms with van der Waals surface area (Å²) in [5, 5.41) is 9.00. The second-order valence-corrected chi connectivity index (χ2v) is 2.98. The predicted molar refractivity (Wildman–Crippen MR) is 48.7 cm³/mol. The van der Waals surface area contributed by atoms with Gasteiger partial charge in [0.05, 0.1) is 0 Å². The van der Waals surface area contributed by atoms with E-state index >= 15 is 0 Å². The van der Waals surface area contributed by atoms with Gasteiger partial charge < -0.3 is 16.6 Å². The maximum absolute atomic E-state index is 9.00. The number of rotatable bonds is 2. The fourth-order valence-corrected chi connectivity index (χ4v) is 1.00. The van der Waals surface area contributed by atoms with Crippen LogP contribution in [0.15, 0.2) is 24.3 Å². The summed E-state index contributed by atoms with van der Waals surface area (Å²) in [5.74, 6) is 0.246. The molecule has 0 spiro atoms. The smallest absolute Gasteiger partial charge is 0.115 e. The summed E-state index contributed by atoms with van der Waals surface area (Å²) in [5.41, 5.74) is 12.3. The highest BCUT2D eigenvalue weighted by Gasteiger charge is 2.09. The molecule has 0 saturated carbocycles. The fourth-order valence-electron chi connectivity index (χ4n) is 1.00. The average Bonchev–Trinajstić information content (AvgIpc) is 2.04. The van der Waals surface area contributed by atoms with E-state index in [0.29, 0.717) is 0 Å². The highest BCUT2D eigenvalue weighted by Crippen LogP contribution is 2.16. The lowest BCUT2D eigenvalue weighted by atomic mass is 10.0. The molecule has 0 aromatic heterocycles. The van der Waals surface area contributed by atoms with Crippen molar-refractivity contribution >= 4 is 0 Å². The first-order chi connectivity index (χ1) is 5.61. The Morgan fingerprint density at radius 2 is 1.67 bits per heavy atom. The van der Waals surface area contributed by atoms with Gasteiger partial charge in [0, 0.05) is 12.1 Å². The van der Waals surface area contributed by atoms with E-state index in [-0.39, 0.29) is 17.8 Å². The van der Waals surface area contributed by atoms with E-state index in [0.717, 1.165) is 5.56 Å². The molecule has 0 saturated heterocycles. The third-order valence-corrected chi connectivity index (χ3v) is 1.84. The lowest BCUT2D eigenvalue weighted by molar-refractivity contribution is 0.474. The summed E-state index contributed by atoms with van der Waals surface area (Å²) in [6.45, 7) is 1.86. The SMILES string of the molecule is C[C@H](N)[C@@H](N)c1ccc(O)cc1. The van der Waals surface area contributed by atoms with Gasteiger partial charge in [-0.25, -0.2) is 0 Å². The molecule has 0 fully saturated rings. The number of phenols is 1. The number of nitrogens with two attached hydrogens (primary N) is 2. The summed E-state index contributed by atoms with van der Waals surface area (Å²) in [6.07, 6.45) is 0. The van der Waals surface area contributed by atoms with Gasteiger partial charge in [-0.2, -0.15) is 0 Å². The zero-order valence-electron chi connectivity index (χ0n) is 7.07. The van der Waals surface area contributed by atoms with E-state index < -0.39 is 0 Å². The lowest BCUT2D eigenvalue weighted by Crippen LogP contribution is -2.30. The Bertz CT molecular complexity index is 243. The number of benzene rings is 1. The first-order valence-corrected chi connectivity index (χ1v) is 3.91. The van der Waals surface area contributed by atoms with Crippen molar-refractivity contribution < 1.29 is 5.11 Å². The van der Waals surface area contributed by atoms with Crippen molar-refractivity contribution in [2.75, 3.05) is 0 Å². The monoisotopic (exact) mass is 166 g/mol. The Hall–Kier alpha value is -1.06. The first kappa shape index (κ1) is 9.03. The molecule has 0 aliphatic rings. The van der Waals surface area contributed by atoms with Crippen LogP contribution in [0.5, 0.6) is 5.75 Å². The van der Waals surface area contributed by atoms with E-state index in [1.807, 2.05) is 6.92 Å². The Morgan fingerprint density at radius 3 is 2.08 bits per heavy atom. The number of phenolic OH excluding ortho intramolecular Hbond substituents is 1. The van der Waals surface area contributed by atoms with Crippen molar-refractivity contribution in [3.8, 4) is 5.75 Å². The molecule has 0 bridgehead atoms. The van der Waals surface area contributed by atoms with Crippen LogP contribution in [0, 0.1) is 0 Å². The van der Waals surface area contributed by atoms with Gasteiger partial charge in [-0.1, -0.05) is 12.1 Å². The molecule has 1 rings (SSSR count). The molecule has 0 aliphatic heterocycles. The quantitative estimate of drug-likeness (QED) is 0.606. The van der Waals surface area contributed by atoms with Gasteiger partial charge in [-0.05, 0) is 24.6 Å². The summed E-state index contributed by atoms with van der Waals surface area (Å²) in [6, 6.07) is 6.54. The average molecular weight is 166 g/mol. The first-order valence-electron chi connectivity index (χ1n) is 3.91. The number of hydrogen-bond acceptors (Lipinski definition) is 3. The highest BCUT2D eigenvalue weighted by atomic mass is 16.3. The standard InChI is InChI=1S/C9H14N2O/c1-6(10)9(11)7-2-4-8(12)5-3-7/h2-6,9,12H,10-11H2,1H3/t6-,9+/m0/s1. The van der Waals surface area contributed by atoms with Crippen molar-refractivity contribution in [3.05, 3.63) is 29.8 Å². The van der Waals surface area contributed by atoms with Crippen LogP contribution in [0.25, 0.3) is 0 Å². The Morgan fingerprint density at radius 1 is 1.17 bits per heavy atom. The van der Waals surface area contributed by atoms with Gasteiger partial charge in [0.15, 0.2) is 0 Å². The molecule has 1 aromatic carbocycles. The van der Waals surface area contributed by atoms with Crippen LogP contribution in [-0.2, 0) is 0 Å².